The molecule has 0 bridgehead atoms. The van der Waals surface area contributed by atoms with Crippen LogP contribution in [0.4, 0.5) is 23.5 Å². The van der Waals surface area contributed by atoms with Gasteiger partial charge in [-0.05, 0) is 56.7 Å². The van der Waals surface area contributed by atoms with Crippen LogP contribution < -0.4 is 14.8 Å². The molecule has 2 fully saturated rings. The van der Waals surface area contributed by atoms with Gasteiger partial charge in [-0.15, -0.1) is 0 Å². The average molecular weight is 525 g/mol. The van der Waals surface area contributed by atoms with E-state index in [4.69, 9.17) is 31.0 Å². The minimum atomic E-state index is -0.467. The predicted octanol–water partition coefficient (Wildman–Crippen LogP) is 5.14. The lowest BCUT2D eigenvalue weighted by atomic mass is 10.1. The molecule has 0 spiro atoms. The molecule has 2 saturated heterocycles. The van der Waals surface area contributed by atoms with E-state index in [-0.39, 0.29) is 5.69 Å². The number of non-ortho nitro benzene ring substituents is 1. The SMILES string of the molecule is CN(/N=C/c1ccc(-c2cc([N+](=O)[O-])ccc2Cl)o1)c1nc(N2CCCCC2)nc(N2CCCCC2)n1. The van der Waals surface area contributed by atoms with E-state index in [1.54, 1.807) is 30.4 Å². The zero-order valence-electron chi connectivity index (χ0n) is 20.7. The Kier molecular flexibility index (Phi) is 7.50. The van der Waals surface area contributed by atoms with Crippen LogP contribution in [-0.2, 0) is 0 Å². The van der Waals surface area contributed by atoms with Gasteiger partial charge >= 0.3 is 0 Å². The van der Waals surface area contributed by atoms with Crippen molar-refractivity contribution in [3.05, 3.63) is 51.2 Å². The second kappa shape index (κ2) is 11.1. The number of aromatic nitrogens is 3. The molecule has 0 radical (unpaired) electrons. The lowest BCUT2D eigenvalue weighted by Gasteiger charge is -2.30. The molecular weight excluding hydrogens is 496 g/mol. The molecule has 2 aromatic heterocycles. The first-order valence-electron chi connectivity index (χ1n) is 12.6. The van der Waals surface area contributed by atoms with Crippen molar-refractivity contribution in [3.63, 3.8) is 0 Å². The van der Waals surface area contributed by atoms with Gasteiger partial charge < -0.3 is 14.2 Å². The molecule has 5 rings (SSSR count). The standard InChI is InChI=1S/C25H29ClN8O3/c1-31(27-17-19-9-11-22(37-19)20-16-18(34(35)36)8-10-21(20)26)23-28-24(32-12-4-2-5-13-32)30-25(29-23)33-14-6-3-7-15-33/h8-11,16-17H,2-7,12-15H2,1H3/b27-17+. The number of hydrogen-bond donors (Lipinski definition) is 0. The summed E-state index contributed by atoms with van der Waals surface area (Å²) in [5.74, 6) is 2.71. The topological polar surface area (TPSA) is 117 Å². The Morgan fingerprint density at radius 2 is 1.59 bits per heavy atom. The Morgan fingerprint density at radius 1 is 0.973 bits per heavy atom. The maximum Gasteiger partial charge on any atom is 0.270 e. The highest BCUT2D eigenvalue weighted by Gasteiger charge is 2.21. The summed E-state index contributed by atoms with van der Waals surface area (Å²) in [6, 6.07) is 7.67. The van der Waals surface area contributed by atoms with Crippen molar-refractivity contribution >= 4 is 41.3 Å². The fourth-order valence-corrected chi connectivity index (χ4v) is 4.75. The van der Waals surface area contributed by atoms with Crippen molar-refractivity contribution in [1.82, 2.24) is 15.0 Å². The van der Waals surface area contributed by atoms with Crippen molar-refractivity contribution in [3.8, 4) is 11.3 Å². The number of hydrazone groups is 1. The normalized spacial score (nSPS) is 16.4. The first kappa shape index (κ1) is 24.9. The van der Waals surface area contributed by atoms with Gasteiger partial charge in [0.1, 0.15) is 11.5 Å². The molecule has 0 atom stereocenters. The van der Waals surface area contributed by atoms with Crippen LogP contribution in [0.2, 0.25) is 5.02 Å². The molecule has 2 aliphatic rings. The van der Waals surface area contributed by atoms with Crippen molar-refractivity contribution in [2.75, 3.05) is 48.0 Å². The molecule has 0 unspecified atom stereocenters. The monoisotopic (exact) mass is 524 g/mol. The van der Waals surface area contributed by atoms with Crippen LogP contribution in [0, 0.1) is 10.1 Å². The quantitative estimate of drug-likeness (QED) is 0.235. The molecule has 194 valence electrons. The van der Waals surface area contributed by atoms with Gasteiger partial charge in [0.05, 0.1) is 16.2 Å². The summed E-state index contributed by atoms with van der Waals surface area (Å²) in [5.41, 5.74) is 0.383. The maximum atomic E-state index is 11.1. The number of benzene rings is 1. The Bertz CT molecular complexity index is 1250. The molecule has 1 aromatic carbocycles. The van der Waals surface area contributed by atoms with Crippen LogP contribution >= 0.6 is 11.6 Å². The molecule has 4 heterocycles. The Labute approximate surface area is 219 Å². The first-order valence-corrected chi connectivity index (χ1v) is 12.9. The minimum Gasteiger partial charge on any atom is -0.455 e. The third-order valence-electron chi connectivity index (χ3n) is 6.58. The number of hydrogen-bond acceptors (Lipinski definition) is 10. The minimum absolute atomic E-state index is 0.0606. The third kappa shape index (κ3) is 5.82. The summed E-state index contributed by atoms with van der Waals surface area (Å²) < 4.78 is 5.86. The summed E-state index contributed by atoms with van der Waals surface area (Å²) in [6.45, 7) is 3.74. The Hall–Kier alpha value is -3.73. The predicted molar refractivity (Wildman–Crippen MR) is 144 cm³/mol. The molecule has 12 heteroatoms. The van der Waals surface area contributed by atoms with Crippen LogP contribution in [0.25, 0.3) is 11.3 Å². The van der Waals surface area contributed by atoms with Gasteiger partial charge in [0.2, 0.25) is 11.9 Å². The molecule has 0 amide bonds. The fraction of sp³-hybridized carbons (Fsp3) is 0.440. The van der Waals surface area contributed by atoms with Gasteiger partial charge in [-0.1, -0.05) is 11.6 Å². The van der Waals surface area contributed by atoms with E-state index in [2.05, 4.69) is 14.9 Å². The maximum absolute atomic E-state index is 11.1. The summed E-state index contributed by atoms with van der Waals surface area (Å²) in [4.78, 5) is 29.4. The number of nitro groups is 1. The summed E-state index contributed by atoms with van der Waals surface area (Å²) >= 11 is 6.26. The van der Waals surface area contributed by atoms with Gasteiger partial charge in [-0.25, -0.2) is 5.01 Å². The van der Waals surface area contributed by atoms with E-state index in [0.29, 0.717) is 40.0 Å². The molecule has 0 N–H and O–H groups in total. The smallest absolute Gasteiger partial charge is 0.270 e. The van der Waals surface area contributed by atoms with Crippen LogP contribution in [0.15, 0.2) is 39.9 Å². The van der Waals surface area contributed by atoms with Gasteiger partial charge in [0.15, 0.2) is 0 Å². The second-order valence-electron chi connectivity index (χ2n) is 9.22. The van der Waals surface area contributed by atoms with E-state index in [0.717, 1.165) is 51.9 Å². The van der Waals surface area contributed by atoms with Crippen molar-refractivity contribution < 1.29 is 9.34 Å². The summed E-state index contributed by atoms with van der Waals surface area (Å²) in [7, 11) is 1.78. The summed E-state index contributed by atoms with van der Waals surface area (Å²) in [5, 5.41) is 17.6. The van der Waals surface area contributed by atoms with Crippen LogP contribution in [-0.4, -0.2) is 59.3 Å². The van der Waals surface area contributed by atoms with E-state index in [1.165, 1.54) is 31.0 Å². The first-order chi connectivity index (χ1) is 18.0. The number of halogens is 1. The van der Waals surface area contributed by atoms with E-state index in [1.807, 2.05) is 0 Å². The number of furan rings is 1. The zero-order valence-corrected chi connectivity index (χ0v) is 21.5. The lowest BCUT2D eigenvalue weighted by Crippen LogP contribution is -2.35. The van der Waals surface area contributed by atoms with Gasteiger partial charge in [-0.2, -0.15) is 20.1 Å². The van der Waals surface area contributed by atoms with Crippen molar-refractivity contribution in [2.45, 2.75) is 38.5 Å². The second-order valence-corrected chi connectivity index (χ2v) is 9.63. The molecule has 0 aliphatic carbocycles. The number of anilines is 3. The number of rotatable bonds is 7. The molecule has 11 nitrogen and oxygen atoms in total. The van der Waals surface area contributed by atoms with Crippen LogP contribution in [0.5, 0.6) is 0 Å². The lowest BCUT2D eigenvalue weighted by molar-refractivity contribution is -0.384. The Morgan fingerprint density at radius 3 is 2.19 bits per heavy atom. The molecule has 2 aliphatic heterocycles. The molecule has 3 aromatic rings. The Balaban J connectivity index is 1.38. The van der Waals surface area contributed by atoms with Crippen molar-refractivity contribution in [2.24, 2.45) is 5.10 Å². The number of nitrogens with zero attached hydrogens (tertiary/aromatic N) is 8. The van der Waals surface area contributed by atoms with Crippen molar-refractivity contribution in [1.29, 1.82) is 0 Å². The highest BCUT2D eigenvalue weighted by molar-refractivity contribution is 6.33. The highest BCUT2D eigenvalue weighted by atomic mass is 35.5. The van der Waals surface area contributed by atoms with Gasteiger partial charge in [0.25, 0.3) is 11.6 Å². The van der Waals surface area contributed by atoms with Gasteiger partial charge in [-0.3, -0.25) is 10.1 Å². The molecular formula is C25H29ClN8O3. The van der Waals surface area contributed by atoms with E-state index < -0.39 is 4.92 Å². The van der Waals surface area contributed by atoms with E-state index >= 15 is 0 Å². The number of nitro benzene ring substituents is 1. The van der Waals surface area contributed by atoms with Gasteiger partial charge in [0, 0.05) is 50.9 Å². The zero-order chi connectivity index (χ0) is 25.8. The third-order valence-corrected chi connectivity index (χ3v) is 6.91. The fourth-order valence-electron chi connectivity index (χ4n) is 4.54. The van der Waals surface area contributed by atoms with Crippen LogP contribution in [0.3, 0.4) is 0 Å². The summed E-state index contributed by atoms with van der Waals surface area (Å²) in [6.07, 6.45) is 8.52. The largest absolute Gasteiger partial charge is 0.455 e. The number of piperidine rings is 2. The van der Waals surface area contributed by atoms with Crippen LogP contribution in [0.1, 0.15) is 44.3 Å². The molecule has 37 heavy (non-hydrogen) atoms. The average Bonchev–Trinajstić information content (AvgIpc) is 3.41. The highest BCUT2D eigenvalue weighted by Crippen LogP contribution is 2.32. The van der Waals surface area contributed by atoms with E-state index in [9.17, 15) is 10.1 Å². The molecule has 0 saturated carbocycles.